The molecule has 1 heterocycles. The van der Waals surface area contributed by atoms with Crippen molar-refractivity contribution in [1.29, 1.82) is 0 Å². The minimum absolute atomic E-state index is 0.255. The second-order valence-corrected chi connectivity index (χ2v) is 4.41. The van der Waals surface area contributed by atoms with Crippen molar-refractivity contribution in [3.63, 3.8) is 0 Å². The van der Waals surface area contributed by atoms with Crippen LogP contribution in [0.5, 0.6) is 5.75 Å². The van der Waals surface area contributed by atoms with Gasteiger partial charge in [-0.15, -0.1) is 0 Å². The number of aryl methyl sites for hydroxylation is 1. The van der Waals surface area contributed by atoms with Gasteiger partial charge in [-0.05, 0) is 37.5 Å². The molecule has 0 fully saturated rings. The summed E-state index contributed by atoms with van der Waals surface area (Å²) in [5.74, 6) is 0.966. The van der Waals surface area contributed by atoms with Crippen molar-refractivity contribution in [2.45, 2.75) is 25.8 Å². The number of hydrogen-bond acceptors (Lipinski definition) is 3. The number of aliphatic hydroxyl groups excluding tert-OH is 1. The first-order valence-electron chi connectivity index (χ1n) is 5.79. The maximum atomic E-state index is 8.86. The van der Waals surface area contributed by atoms with Crippen LogP contribution in [0.2, 0.25) is 0 Å². The van der Waals surface area contributed by atoms with Gasteiger partial charge in [-0.25, -0.2) is 0 Å². The molecule has 3 heteroatoms. The third kappa shape index (κ3) is 2.14. The van der Waals surface area contributed by atoms with Gasteiger partial charge in [-0.2, -0.15) is 0 Å². The van der Waals surface area contributed by atoms with Crippen LogP contribution in [0.1, 0.15) is 18.4 Å². The molecule has 1 aliphatic rings. The molecule has 0 bridgehead atoms. The van der Waals surface area contributed by atoms with Gasteiger partial charge >= 0.3 is 0 Å². The van der Waals surface area contributed by atoms with Gasteiger partial charge in [-0.3, -0.25) is 0 Å². The highest BCUT2D eigenvalue weighted by atomic mass is 16.5. The Kier molecular flexibility index (Phi) is 3.34. The van der Waals surface area contributed by atoms with Crippen LogP contribution in [0.4, 0.5) is 5.69 Å². The lowest BCUT2D eigenvalue weighted by Crippen LogP contribution is -2.40. The molecule has 1 aliphatic heterocycles. The van der Waals surface area contributed by atoms with Gasteiger partial charge in [0.25, 0.3) is 0 Å². The topological polar surface area (TPSA) is 32.7 Å². The predicted octanol–water partition coefficient (Wildman–Crippen LogP) is 1.96. The minimum Gasteiger partial charge on any atom is -0.489 e. The number of anilines is 1. The Balaban J connectivity index is 2.17. The van der Waals surface area contributed by atoms with Gasteiger partial charge in [0, 0.05) is 13.7 Å². The average molecular weight is 221 g/mol. The van der Waals surface area contributed by atoms with E-state index in [-0.39, 0.29) is 6.61 Å². The maximum Gasteiger partial charge on any atom is 0.142 e. The van der Waals surface area contributed by atoms with Crippen molar-refractivity contribution in [3.8, 4) is 5.75 Å². The fraction of sp³-hybridized carbons (Fsp3) is 0.538. The number of ether oxygens (including phenoxy) is 1. The van der Waals surface area contributed by atoms with E-state index < -0.39 is 0 Å². The summed E-state index contributed by atoms with van der Waals surface area (Å²) in [6, 6.07) is 6.63. The van der Waals surface area contributed by atoms with Crippen molar-refractivity contribution < 1.29 is 9.84 Å². The third-order valence-electron chi connectivity index (χ3n) is 3.17. The summed E-state index contributed by atoms with van der Waals surface area (Å²) < 4.78 is 5.74. The molecule has 0 aromatic heterocycles. The first kappa shape index (κ1) is 11.3. The van der Waals surface area contributed by atoms with Crippen LogP contribution in [0.25, 0.3) is 0 Å². The molecule has 1 atom stereocenters. The Morgan fingerprint density at radius 1 is 1.50 bits per heavy atom. The van der Waals surface area contributed by atoms with Gasteiger partial charge in [0.2, 0.25) is 0 Å². The SMILES string of the molecule is Cc1ccc2c(c1)N(C)C(CCCO)CO2. The van der Waals surface area contributed by atoms with E-state index in [2.05, 4.69) is 31.0 Å². The molecule has 0 radical (unpaired) electrons. The lowest BCUT2D eigenvalue weighted by atomic mass is 10.1. The second kappa shape index (κ2) is 4.74. The van der Waals surface area contributed by atoms with Crippen molar-refractivity contribution in [2.24, 2.45) is 0 Å². The zero-order valence-corrected chi connectivity index (χ0v) is 9.94. The first-order chi connectivity index (χ1) is 7.72. The van der Waals surface area contributed by atoms with Crippen LogP contribution in [-0.4, -0.2) is 31.4 Å². The smallest absolute Gasteiger partial charge is 0.142 e. The molecule has 0 amide bonds. The van der Waals surface area contributed by atoms with E-state index in [1.54, 1.807) is 0 Å². The lowest BCUT2D eigenvalue weighted by molar-refractivity contribution is 0.236. The number of fused-ring (bicyclic) bond motifs is 1. The number of aliphatic hydroxyl groups is 1. The van der Waals surface area contributed by atoms with Gasteiger partial charge in [0.05, 0.1) is 11.7 Å². The summed E-state index contributed by atoms with van der Waals surface area (Å²) in [5.41, 5.74) is 2.41. The van der Waals surface area contributed by atoms with Crippen molar-refractivity contribution in [2.75, 3.05) is 25.2 Å². The largest absolute Gasteiger partial charge is 0.489 e. The number of benzene rings is 1. The lowest BCUT2D eigenvalue weighted by Gasteiger charge is -2.36. The molecule has 1 N–H and O–H groups in total. The molecule has 2 rings (SSSR count). The Bertz CT molecular complexity index is 365. The van der Waals surface area contributed by atoms with Gasteiger partial charge in [-0.1, -0.05) is 6.07 Å². The molecule has 1 aromatic carbocycles. The number of likely N-dealkylation sites (N-methyl/N-ethyl adjacent to an activating group) is 1. The van der Waals surface area contributed by atoms with Crippen molar-refractivity contribution in [1.82, 2.24) is 0 Å². The molecule has 1 unspecified atom stereocenters. The zero-order valence-electron chi connectivity index (χ0n) is 9.94. The molecule has 1 aromatic rings. The minimum atomic E-state index is 0.255. The van der Waals surface area contributed by atoms with Gasteiger partial charge < -0.3 is 14.7 Å². The van der Waals surface area contributed by atoms with Crippen molar-refractivity contribution >= 4 is 5.69 Å². The fourth-order valence-electron chi connectivity index (χ4n) is 2.12. The first-order valence-corrected chi connectivity index (χ1v) is 5.79. The summed E-state index contributed by atoms with van der Waals surface area (Å²) in [6.45, 7) is 3.06. The summed E-state index contributed by atoms with van der Waals surface area (Å²) in [5, 5.41) is 8.86. The van der Waals surface area contributed by atoms with Gasteiger partial charge in [0.15, 0.2) is 0 Å². The van der Waals surface area contributed by atoms with E-state index in [0.717, 1.165) is 24.3 Å². The molecule has 16 heavy (non-hydrogen) atoms. The Morgan fingerprint density at radius 3 is 3.06 bits per heavy atom. The predicted molar refractivity (Wildman–Crippen MR) is 65.2 cm³/mol. The molecule has 0 aliphatic carbocycles. The molecule has 0 saturated carbocycles. The summed E-state index contributed by atoms with van der Waals surface area (Å²) in [4.78, 5) is 2.27. The fourth-order valence-corrected chi connectivity index (χ4v) is 2.12. The number of nitrogens with zero attached hydrogens (tertiary/aromatic N) is 1. The molecule has 88 valence electrons. The number of rotatable bonds is 3. The second-order valence-electron chi connectivity index (χ2n) is 4.41. The summed E-state index contributed by atoms with van der Waals surface area (Å²) >= 11 is 0. The highest BCUT2D eigenvalue weighted by Gasteiger charge is 2.23. The Morgan fingerprint density at radius 2 is 2.31 bits per heavy atom. The van der Waals surface area contributed by atoms with E-state index in [9.17, 15) is 0 Å². The standard InChI is InChI=1S/C13H19NO2/c1-10-5-6-13-12(8-10)14(2)11(9-16-13)4-3-7-15/h5-6,8,11,15H,3-4,7,9H2,1-2H3. The number of hydrogen-bond donors (Lipinski definition) is 1. The molecular weight excluding hydrogens is 202 g/mol. The van der Waals surface area contributed by atoms with E-state index >= 15 is 0 Å². The molecular formula is C13H19NO2. The van der Waals surface area contributed by atoms with Gasteiger partial charge in [0.1, 0.15) is 12.4 Å². The molecule has 3 nitrogen and oxygen atoms in total. The van der Waals surface area contributed by atoms with Crippen LogP contribution in [0.15, 0.2) is 18.2 Å². The van der Waals surface area contributed by atoms with E-state index in [0.29, 0.717) is 12.6 Å². The average Bonchev–Trinajstić information content (AvgIpc) is 2.29. The van der Waals surface area contributed by atoms with E-state index in [4.69, 9.17) is 9.84 Å². The van der Waals surface area contributed by atoms with Crippen LogP contribution in [0, 0.1) is 6.92 Å². The Hall–Kier alpha value is -1.22. The van der Waals surface area contributed by atoms with E-state index in [1.807, 2.05) is 6.07 Å². The summed E-state index contributed by atoms with van der Waals surface area (Å²) in [7, 11) is 2.10. The molecule has 0 spiro atoms. The van der Waals surface area contributed by atoms with Crippen LogP contribution in [-0.2, 0) is 0 Å². The zero-order chi connectivity index (χ0) is 11.5. The quantitative estimate of drug-likeness (QED) is 0.847. The highest BCUT2D eigenvalue weighted by molar-refractivity contribution is 5.61. The van der Waals surface area contributed by atoms with E-state index in [1.165, 1.54) is 5.56 Å². The van der Waals surface area contributed by atoms with Crippen LogP contribution >= 0.6 is 0 Å². The monoisotopic (exact) mass is 221 g/mol. The maximum absolute atomic E-state index is 8.86. The van der Waals surface area contributed by atoms with Crippen LogP contribution in [0.3, 0.4) is 0 Å². The van der Waals surface area contributed by atoms with Crippen LogP contribution < -0.4 is 9.64 Å². The summed E-state index contributed by atoms with van der Waals surface area (Å²) in [6.07, 6.45) is 1.81. The van der Waals surface area contributed by atoms with Crippen molar-refractivity contribution in [3.05, 3.63) is 23.8 Å². The third-order valence-corrected chi connectivity index (χ3v) is 3.17. The normalized spacial score (nSPS) is 19.2. The Labute approximate surface area is 96.6 Å². The highest BCUT2D eigenvalue weighted by Crippen LogP contribution is 2.34. The molecule has 0 saturated heterocycles.